The van der Waals surface area contributed by atoms with Gasteiger partial charge in [0.2, 0.25) is 0 Å². The molecular formula is C23H23F3N4O3. The number of para-hydroxylation sites is 1. The van der Waals surface area contributed by atoms with E-state index in [0.29, 0.717) is 37.7 Å². The van der Waals surface area contributed by atoms with Crippen molar-refractivity contribution in [1.29, 1.82) is 0 Å². The first-order valence-corrected chi connectivity index (χ1v) is 10.5. The van der Waals surface area contributed by atoms with E-state index in [0.717, 1.165) is 12.1 Å². The number of nitrogens with one attached hydrogen (secondary N) is 1. The zero-order chi connectivity index (χ0) is 23.6. The lowest BCUT2D eigenvalue weighted by atomic mass is 10.1. The van der Waals surface area contributed by atoms with E-state index in [1.54, 1.807) is 24.3 Å². The smallest absolute Gasteiger partial charge is 0.378 e. The van der Waals surface area contributed by atoms with Gasteiger partial charge in [-0.3, -0.25) is 14.6 Å². The van der Waals surface area contributed by atoms with Gasteiger partial charge in [0.15, 0.2) is 5.78 Å². The van der Waals surface area contributed by atoms with Gasteiger partial charge in [0, 0.05) is 19.5 Å². The van der Waals surface area contributed by atoms with Gasteiger partial charge in [-0.1, -0.05) is 18.2 Å². The Kier molecular flexibility index (Phi) is 6.37. The maximum absolute atomic E-state index is 13.3. The van der Waals surface area contributed by atoms with Crippen LogP contribution in [0.4, 0.5) is 30.2 Å². The number of ketones is 1. The first kappa shape index (κ1) is 22.8. The summed E-state index contributed by atoms with van der Waals surface area (Å²) >= 11 is 0. The van der Waals surface area contributed by atoms with Gasteiger partial charge in [0.25, 0.3) is 5.91 Å². The van der Waals surface area contributed by atoms with E-state index in [1.807, 2.05) is 11.0 Å². The van der Waals surface area contributed by atoms with Crippen LogP contribution in [-0.4, -0.2) is 49.7 Å². The maximum Gasteiger partial charge on any atom is 0.416 e. The number of anilines is 3. The first-order chi connectivity index (χ1) is 15.7. The van der Waals surface area contributed by atoms with Crippen molar-refractivity contribution in [3.63, 3.8) is 0 Å². The standard InChI is InChI=1S/C23H23F3N4O3/c1-15(31)21-14-19(28-30(21)17-5-3-2-4-6-17)22(32)27-18-13-16(23(24,25)26)7-8-20(18)29-9-11-33-12-10-29/h2-8,13,21H,9-12,14H2,1H3,(H,27,32). The van der Waals surface area contributed by atoms with Crippen molar-refractivity contribution in [1.82, 2.24) is 0 Å². The van der Waals surface area contributed by atoms with Crippen LogP contribution in [0, 0.1) is 0 Å². The zero-order valence-electron chi connectivity index (χ0n) is 17.9. The summed E-state index contributed by atoms with van der Waals surface area (Å²) in [6.45, 7) is 3.27. The van der Waals surface area contributed by atoms with Crippen molar-refractivity contribution in [3.05, 3.63) is 54.1 Å². The van der Waals surface area contributed by atoms with Crippen LogP contribution in [0.2, 0.25) is 0 Å². The number of hydrazone groups is 1. The number of nitrogens with zero attached hydrogens (tertiary/aromatic N) is 3. The van der Waals surface area contributed by atoms with Gasteiger partial charge in [0.1, 0.15) is 11.8 Å². The van der Waals surface area contributed by atoms with Crippen molar-refractivity contribution in [3.8, 4) is 0 Å². The van der Waals surface area contributed by atoms with E-state index >= 15 is 0 Å². The summed E-state index contributed by atoms with van der Waals surface area (Å²) in [5, 5.41) is 8.41. The summed E-state index contributed by atoms with van der Waals surface area (Å²) in [5.74, 6) is -0.813. The molecule has 174 valence electrons. The first-order valence-electron chi connectivity index (χ1n) is 10.5. The molecule has 2 aliphatic heterocycles. The zero-order valence-corrected chi connectivity index (χ0v) is 17.9. The van der Waals surface area contributed by atoms with Crippen LogP contribution in [0.3, 0.4) is 0 Å². The Morgan fingerprint density at radius 3 is 2.42 bits per heavy atom. The number of benzene rings is 2. The number of hydrogen-bond acceptors (Lipinski definition) is 6. The molecule has 1 N–H and O–H groups in total. The molecule has 0 spiro atoms. The van der Waals surface area contributed by atoms with E-state index < -0.39 is 23.7 Å². The van der Waals surface area contributed by atoms with E-state index in [9.17, 15) is 22.8 Å². The molecule has 0 aromatic heterocycles. The van der Waals surface area contributed by atoms with E-state index in [1.165, 1.54) is 18.0 Å². The fourth-order valence-corrected chi connectivity index (χ4v) is 3.87. The van der Waals surface area contributed by atoms with Gasteiger partial charge >= 0.3 is 6.18 Å². The van der Waals surface area contributed by atoms with Crippen LogP contribution in [0.1, 0.15) is 18.9 Å². The largest absolute Gasteiger partial charge is 0.416 e. The highest BCUT2D eigenvalue weighted by molar-refractivity contribution is 6.44. The number of hydrogen-bond donors (Lipinski definition) is 1. The molecule has 2 heterocycles. The predicted molar refractivity (Wildman–Crippen MR) is 119 cm³/mol. The predicted octanol–water partition coefficient (Wildman–Crippen LogP) is 3.70. The van der Waals surface area contributed by atoms with Gasteiger partial charge in [-0.25, -0.2) is 0 Å². The Bertz CT molecular complexity index is 1070. The Hall–Kier alpha value is -3.40. The molecule has 2 aromatic carbocycles. The van der Waals surface area contributed by atoms with Crippen LogP contribution >= 0.6 is 0 Å². The van der Waals surface area contributed by atoms with Crippen LogP contribution in [-0.2, 0) is 20.5 Å². The number of alkyl halides is 3. The molecule has 0 aliphatic carbocycles. The molecule has 1 fully saturated rings. The van der Waals surface area contributed by atoms with Crippen LogP contribution in [0.5, 0.6) is 0 Å². The fraction of sp³-hybridized carbons (Fsp3) is 0.348. The second-order valence-corrected chi connectivity index (χ2v) is 7.84. The summed E-state index contributed by atoms with van der Waals surface area (Å²) in [5.41, 5.74) is 0.368. The molecule has 2 aromatic rings. The third-order valence-electron chi connectivity index (χ3n) is 5.59. The minimum absolute atomic E-state index is 0.0389. The Labute approximate surface area is 188 Å². The monoisotopic (exact) mass is 460 g/mol. The molecule has 1 unspecified atom stereocenters. The number of Topliss-reactive ketones (excluding diaryl/α,β-unsaturated/α-hetero) is 1. The summed E-state index contributed by atoms with van der Waals surface area (Å²) in [4.78, 5) is 27.1. The van der Waals surface area contributed by atoms with E-state index in [-0.39, 0.29) is 23.6 Å². The number of morpholine rings is 1. The van der Waals surface area contributed by atoms with Crippen LogP contribution in [0.25, 0.3) is 0 Å². The molecule has 4 rings (SSSR count). The maximum atomic E-state index is 13.3. The quantitative estimate of drug-likeness (QED) is 0.737. The Morgan fingerprint density at radius 2 is 1.79 bits per heavy atom. The molecule has 1 atom stereocenters. The second-order valence-electron chi connectivity index (χ2n) is 7.84. The van der Waals surface area contributed by atoms with E-state index in [2.05, 4.69) is 10.4 Å². The second kappa shape index (κ2) is 9.22. The van der Waals surface area contributed by atoms with Crippen molar-refractivity contribution in [2.24, 2.45) is 5.10 Å². The summed E-state index contributed by atoms with van der Waals surface area (Å²) < 4.78 is 45.4. The van der Waals surface area contributed by atoms with Crippen molar-refractivity contribution < 1.29 is 27.5 Å². The lowest BCUT2D eigenvalue weighted by Crippen LogP contribution is -2.37. The van der Waals surface area contributed by atoms with Gasteiger partial charge in [-0.2, -0.15) is 18.3 Å². The highest BCUT2D eigenvalue weighted by Gasteiger charge is 2.35. The van der Waals surface area contributed by atoms with Crippen LogP contribution in [0.15, 0.2) is 53.6 Å². The number of carbonyl (C=O) groups is 2. The molecule has 1 saturated heterocycles. The number of ether oxygens (including phenoxy) is 1. The summed E-state index contributed by atoms with van der Waals surface area (Å²) in [6.07, 6.45) is -4.50. The molecule has 0 saturated carbocycles. The lowest BCUT2D eigenvalue weighted by molar-refractivity contribution is -0.137. The Balaban J connectivity index is 1.63. The highest BCUT2D eigenvalue weighted by Crippen LogP contribution is 2.36. The fourth-order valence-electron chi connectivity index (χ4n) is 3.87. The van der Waals surface area contributed by atoms with Gasteiger partial charge in [0.05, 0.1) is 35.8 Å². The third kappa shape index (κ3) is 5.00. The minimum atomic E-state index is -4.56. The van der Waals surface area contributed by atoms with Crippen LogP contribution < -0.4 is 15.2 Å². The average Bonchev–Trinajstić information content (AvgIpc) is 3.26. The Morgan fingerprint density at radius 1 is 1.09 bits per heavy atom. The van der Waals surface area contributed by atoms with Crippen molar-refractivity contribution in [2.45, 2.75) is 25.6 Å². The molecule has 0 bridgehead atoms. The number of rotatable bonds is 5. The number of carbonyl (C=O) groups excluding carboxylic acids is 2. The van der Waals surface area contributed by atoms with Crippen molar-refractivity contribution in [2.75, 3.05) is 41.5 Å². The molecule has 2 aliphatic rings. The minimum Gasteiger partial charge on any atom is -0.378 e. The molecule has 33 heavy (non-hydrogen) atoms. The third-order valence-corrected chi connectivity index (χ3v) is 5.59. The van der Waals surface area contributed by atoms with E-state index in [4.69, 9.17) is 4.74 Å². The van der Waals surface area contributed by atoms with Gasteiger partial charge < -0.3 is 15.0 Å². The molecule has 1 amide bonds. The summed E-state index contributed by atoms with van der Waals surface area (Å²) in [7, 11) is 0. The molecule has 10 heteroatoms. The SMILES string of the molecule is CC(=O)C1CC(C(=O)Nc2cc(C(F)(F)F)ccc2N2CCOCC2)=NN1c1ccccc1. The lowest BCUT2D eigenvalue weighted by Gasteiger charge is -2.31. The molecule has 0 radical (unpaired) electrons. The van der Waals surface area contributed by atoms with Gasteiger partial charge in [-0.05, 0) is 37.3 Å². The summed E-state index contributed by atoms with van der Waals surface area (Å²) in [6, 6.07) is 11.6. The number of amides is 1. The highest BCUT2D eigenvalue weighted by atomic mass is 19.4. The average molecular weight is 460 g/mol. The topological polar surface area (TPSA) is 74.2 Å². The molecule has 7 nitrogen and oxygen atoms in total. The van der Waals surface area contributed by atoms with Gasteiger partial charge in [-0.15, -0.1) is 0 Å². The van der Waals surface area contributed by atoms with Crippen molar-refractivity contribution >= 4 is 34.5 Å². The molecular weight excluding hydrogens is 437 g/mol. The number of halogens is 3. The normalized spacial score (nSPS) is 18.8.